The second kappa shape index (κ2) is 12.5. The van der Waals surface area contributed by atoms with E-state index in [0.717, 1.165) is 30.5 Å². The Morgan fingerprint density at radius 1 is 0.967 bits per heavy atom. The van der Waals surface area contributed by atoms with Gasteiger partial charge in [-0.05, 0) is 49.2 Å². The number of carbonyl (C=O) groups is 2. The van der Waals surface area contributed by atoms with Crippen molar-refractivity contribution in [3.8, 4) is 5.75 Å². The molecule has 1 amide bonds. The Kier molecular flexibility index (Phi) is 9.71. The van der Waals surface area contributed by atoms with Crippen molar-refractivity contribution >= 4 is 17.6 Å². The van der Waals surface area contributed by atoms with Crippen LogP contribution in [0.5, 0.6) is 5.75 Å². The lowest BCUT2D eigenvalue weighted by atomic mass is 10.1. The van der Waals surface area contributed by atoms with Gasteiger partial charge in [0.2, 0.25) is 0 Å². The monoisotopic (exact) mass is 412 g/mol. The van der Waals surface area contributed by atoms with Gasteiger partial charge < -0.3 is 20.5 Å². The molecule has 0 aliphatic carbocycles. The Bertz CT molecular complexity index is 836. The SMILES string of the molecule is CCCCCCCCNC(=O)c1ccc(OCNc2cccc(C)c2)cc1C(=O)O. The van der Waals surface area contributed by atoms with Crippen molar-refractivity contribution in [2.45, 2.75) is 52.4 Å². The molecule has 2 aromatic rings. The molecule has 3 N–H and O–H groups in total. The van der Waals surface area contributed by atoms with Gasteiger partial charge in [0.05, 0.1) is 11.1 Å². The van der Waals surface area contributed by atoms with E-state index < -0.39 is 5.97 Å². The predicted octanol–water partition coefficient (Wildman–Crippen LogP) is 5.23. The number of aromatic carboxylic acids is 1. The zero-order valence-electron chi connectivity index (χ0n) is 17.9. The van der Waals surface area contributed by atoms with Gasteiger partial charge >= 0.3 is 5.97 Å². The highest BCUT2D eigenvalue weighted by Crippen LogP contribution is 2.19. The topological polar surface area (TPSA) is 87.7 Å². The summed E-state index contributed by atoms with van der Waals surface area (Å²) < 4.78 is 5.61. The van der Waals surface area contributed by atoms with Crippen molar-refractivity contribution < 1.29 is 19.4 Å². The third-order valence-electron chi connectivity index (χ3n) is 4.82. The van der Waals surface area contributed by atoms with Crippen molar-refractivity contribution in [1.82, 2.24) is 5.32 Å². The molecule has 6 nitrogen and oxygen atoms in total. The number of hydrogen-bond acceptors (Lipinski definition) is 4. The second-order valence-electron chi connectivity index (χ2n) is 7.37. The molecule has 0 bridgehead atoms. The largest absolute Gasteiger partial charge is 0.478 e. The molecule has 0 atom stereocenters. The van der Waals surface area contributed by atoms with Gasteiger partial charge in [-0.25, -0.2) is 4.79 Å². The summed E-state index contributed by atoms with van der Waals surface area (Å²) in [5.74, 6) is -1.14. The van der Waals surface area contributed by atoms with Crippen molar-refractivity contribution in [2.75, 3.05) is 18.6 Å². The van der Waals surface area contributed by atoms with Gasteiger partial charge in [0, 0.05) is 12.2 Å². The molecule has 0 aromatic heterocycles. The number of unbranched alkanes of at least 4 members (excludes halogenated alkanes) is 5. The normalized spacial score (nSPS) is 10.5. The molecule has 162 valence electrons. The first-order chi connectivity index (χ1) is 14.5. The number of carboxylic acid groups (broad SMARTS) is 1. The van der Waals surface area contributed by atoms with Crippen LogP contribution in [0.3, 0.4) is 0 Å². The highest BCUT2D eigenvalue weighted by atomic mass is 16.5. The van der Waals surface area contributed by atoms with E-state index in [2.05, 4.69) is 17.6 Å². The van der Waals surface area contributed by atoms with E-state index in [-0.39, 0.29) is 23.8 Å². The van der Waals surface area contributed by atoms with Gasteiger partial charge in [-0.2, -0.15) is 0 Å². The molecule has 2 aromatic carbocycles. The van der Waals surface area contributed by atoms with E-state index in [1.807, 2.05) is 31.2 Å². The Balaban J connectivity index is 1.87. The minimum Gasteiger partial charge on any atom is -0.478 e. The van der Waals surface area contributed by atoms with Crippen LogP contribution in [0.1, 0.15) is 71.7 Å². The lowest BCUT2D eigenvalue weighted by Crippen LogP contribution is -2.26. The summed E-state index contributed by atoms with van der Waals surface area (Å²) in [5, 5.41) is 15.5. The number of amides is 1. The fourth-order valence-corrected chi connectivity index (χ4v) is 3.15. The number of carboxylic acids is 1. The highest BCUT2D eigenvalue weighted by Gasteiger charge is 2.17. The van der Waals surface area contributed by atoms with E-state index in [1.54, 1.807) is 6.07 Å². The summed E-state index contributed by atoms with van der Waals surface area (Å²) in [6.07, 6.45) is 6.77. The van der Waals surface area contributed by atoms with Crippen molar-refractivity contribution in [3.05, 3.63) is 59.2 Å². The first kappa shape index (κ1) is 23.3. The first-order valence-electron chi connectivity index (χ1n) is 10.6. The van der Waals surface area contributed by atoms with Crippen molar-refractivity contribution in [3.63, 3.8) is 0 Å². The van der Waals surface area contributed by atoms with Gasteiger partial charge in [-0.1, -0.05) is 51.2 Å². The summed E-state index contributed by atoms with van der Waals surface area (Å²) in [4.78, 5) is 24.1. The molecule has 0 saturated heterocycles. The van der Waals surface area contributed by atoms with Crippen LogP contribution >= 0.6 is 0 Å². The van der Waals surface area contributed by atoms with Gasteiger partial charge in [0.15, 0.2) is 6.73 Å². The lowest BCUT2D eigenvalue weighted by molar-refractivity contribution is 0.0690. The van der Waals surface area contributed by atoms with E-state index in [1.165, 1.54) is 31.4 Å². The Morgan fingerprint density at radius 3 is 2.47 bits per heavy atom. The molecule has 0 aliphatic heterocycles. The molecule has 0 aliphatic rings. The maximum atomic E-state index is 12.4. The minimum atomic E-state index is -1.16. The quantitative estimate of drug-likeness (QED) is 0.310. The molecule has 0 heterocycles. The van der Waals surface area contributed by atoms with Crippen LogP contribution < -0.4 is 15.4 Å². The minimum absolute atomic E-state index is 0.0662. The van der Waals surface area contributed by atoms with E-state index >= 15 is 0 Å². The van der Waals surface area contributed by atoms with Gasteiger partial charge in [0.25, 0.3) is 5.91 Å². The molecular weight excluding hydrogens is 380 g/mol. The van der Waals surface area contributed by atoms with Crippen LogP contribution in [0.4, 0.5) is 5.69 Å². The summed E-state index contributed by atoms with van der Waals surface area (Å²) >= 11 is 0. The van der Waals surface area contributed by atoms with E-state index in [0.29, 0.717) is 12.3 Å². The average molecular weight is 413 g/mol. The summed E-state index contributed by atoms with van der Waals surface area (Å²) in [7, 11) is 0. The van der Waals surface area contributed by atoms with E-state index in [9.17, 15) is 14.7 Å². The predicted molar refractivity (Wildman–Crippen MR) is 119 cm³/mol. The number of aryl methyl sites for hydroxylation is 1. The number of hydrogen-bond donors (Lipinski definition) is 3. The molecule has 6 heteroatoms. The summed E-state index contributed by atoms with van der Waals surface area (Å²) in [6.45, 7) is 4.91. The Hall–Kier alpha value is -3.02. The molecule has 0 radical (unpaired) electrons. The maximum absolute atomic E-state index is 12.4. The van der Waals surface area contributed by atoms with E-state index in [4.69, 9.17) is 4.74 Å². The van der Waals surface area contributed by atoms with Crippen LogP contribution in [0.2, 0.25) is 0 Å². The van der Waals surface area contributed by atoms with Crippen molar-refractivity contribution in [1.29, 1.82) is 0 Å². The molecule has 0 saturated carbocycles. The number of benzene rings is 2. The Morgan fingerprint density at radius 2 is 1.73 bits per heavy atom. The fraction of sp³-hybridized carbons (Fsp3) is 0.417. The zero-order valence-corrected chi connectivity index (χ0v) is 17.9. The van der Waals surface area contributed by atoms with Crippen LogP contribution in [0.25, 0.3) is 0 Å². The smallest absolute Gasteiger partial charge is 0.336 e. The number of rotatable bonds is 13. The van der Waals surface area contributed by atoms with Crippen molar-refractivity contribution in [2.24, 2.45) is 0 Å². The van der Waals surface area contributed by atoms with Crippen LogP contribution in [-0.2, 0) is 0 Å². The molecule has 2 rings (SSSR count). The van der Waals surface area contributed by atoms with Crippen LogP contribution in [0.15, 0.2) is 42.5 Å². The van der Waals surface area contributed by atoms with Crippen LogP contribution in [0, 0.1) is 6.92 Å². The number of ether oxygens (including phenoxy) is 1. The standard InChI is InChI=1S/C24H32N2O4/c1-3-4-5-6-7-8-14-25-23(27)21-13-12-20(16-22(21)24(28)29)30-17-26-19-11-9-10-18(2)15-19/h9-13,15-16,26H,3-8,14,17H2,1-2H3,(H,25,27)(H,28,29). The molecular formula is C24H32N2O4. The van der Waals surface area contributed by atoms with Crippen LogP contribution in [-0.4, -0.2) is 30.3 Å². The average Bonchev–Trinajstić information content (AvgIpc) is 2.73. The first-order valence-corrected chi connectivity index (χ1v) is 10.6. The number of anilines is 1. The van der Waals surface area contributed by atoms with Gasteiger partial charge in [-0.15, -0.1) is 0 Å². The lowest BCUT2D eigenvalue weighted by Gasteiger charge is -2.12. The molecule has 30 heavy (non-hydrogen) atoms. The molecule has 0 spiro atoms. The van der Waals surface area contributed by atoms with Gasteiger partial charge in [0.1, 0.15) is 5.75 Å². The third-order valence-corrected chi connectivity index (χ3v) is 4.82. The highest BCUT2D eigenvalue weighted by molar-refractivity contribution is 6.05. The number of carbonyl (C=O) groups excluding carboxylic acids is 1. The summed E-state index contributed by atoms with van der Waals surface area (Å²) in [6, 6.07) is 12.4. The fourth-order valence-electron chi connectivity index (χ4n) is 3.15. The van der Waals surface area contributed by atoms with Gasteiger partial charge in [-0.3, -0.25) is 4.79 Å². The molecule has 0 unspecified atom stereocenters. The molecule has 0 fully saturated rings. The second-order valence-corrected chi connectivity index (χ2v) is 7.37. The Labute approximate surface area is 178 Å². The third kappa shape index (κ3) is 7.78. The zero-order chi connectivity index (χ0) is 21.8. The number of nitrogens with one attached hydrogen (secondary N) is 2. The maximum Gasteiger partial charge on any atom is 0.336 e. The summed E-state index contributed by atoms with van der Waals surface area (Å²) in [5.41, 5.74) is 2.12.